The largest absolute Gasteiger partial charge is 0.475 e. The fraction of sp³-hybridized carbons (Fsp3) is 0.526. The molecule has 11 heteroatoms. The Labute approximate surface area is 179 Å². The molecule has 2 rings (SSSR count). The lowest BCUT2D eigenvalue weighted by atomic mass is 9.82. The van der Waals surface area contributed by atoms with E-state index in [9.17, 15) is 22.4 Å². The van der Waals surface area contributed by atoms with Crippen LogP contribution in [0.3, 0.4) is 0 Å². The van der Waals surface area contributed by atoms with Crippen LogP contribution in [0.2, 0.25) is 0 Å². The van der Waals surface area contributed by atoms with E-state index in [1.54, 1.807) is 15.9 Å². The maximum absolute atomic E-state index is 13.5. The summed E-state index contributed by atoms with van der Waals surface area (Å²) in [7, 11) is 1.31. The van der Waals surface area contributed by atoms with Gasteiger partial charge in [0, 0.05) is 51.6 Å². The van der Waals surface area contributed by atoms with Crippen LogP contribution in [0.1, 0.15) is 38.7 Å². The van der Waals surface area contributed by atoms with Crippen LogP contribution in [-0.4, -0.2) is 40.8 Å². The minimum absolute atomic E-state index is 0.0770. The minimum atomic E-state index is -4.79. The summed E-state index contributed by atoms with van der Waals surface area (Å²) in [5.74, 6) is -1.29. The maximum Gasteiger partial charge on any atom is 0.475 e. The van der Waals surface area contributed by atoms with E-state index in [1.807, 2.05) is 13.8 Å². The summed E-state index contributed by atoms with van der Waals surface area (Å²) in [6, 6.07) is 1.02. The zero-order chi connectivity index (χ0) is 22.7. The number of nitrogens with two attached hydrogens (primary N) is 1. The fourth-order valence-electron chi connectivity index (χ4n) is 3.02. The fourth-order valence-corrected chi connectivity index (χ4v) is 3.10. The van der Waals surface area contributed by atoms with Crippen molar-refractivity contribution in [1.29, 1.82) is 0 Å². The molecule has 166 valence electrons. The smallest absolute Gasteiger partial charge is 0.469 e. The third kappa shape index (κ3) is 5.71. The first-order chi connectivity index (χ1) is 13.9. The van der Waals surface area contributed by atoms with Crippen LogP contribution in [0, 0.1) is 5.92 Å². The monoisotopic (exact) mass is 495 g/mol. The molecule has 0 spiro atoms. The molecule has 2 N–H and O–H groups in total. The van der Waals surface area contributed by atoms with Gasteiger partial charge in [-0.05, 0) is 38.3 Å². The molecule has 0 aromatic carbocycles. The Balaban J connectivity index is 2.39. The lowest BCUT2D eigenvalue weighted by Gasteiger charge is -2.26. The van der Waals surface area contributed by atoms with E-state index in [1.165, 1.54) is 13.3 Å². The molecule has 1 fully saturated rings. The number of carbonyl (C=O) groups is 1. The summed E-state index contributed by atoms with van der Waals surface area (Å²) in [4.78, 5) is 15.7. The molecule has 1 aliphatic carbocycles. The number of alkyl halides is 5. The van der Waals surface area contributed by atoms with Gasteiger partial charge >= 0.3 is 16.9 Å². The molecule has 1 aromatic rings. The van der Waals surface area contributed by atoms with Crippen LogP contribution >= 0.6 is 15.9 Å². The molecule has 1 aromatic heterocycles. The van der Waals surface area contributed by atoms with E-state index in [4.69, 9.17) is 10.5 Å². The minimum Gasteiger partial charge on any atom is -0.469 e. The number of ether oxygens (including phenoxy) is 2. The van der Waals surface area contributed by atoms with E-state index >= 15 is 0 Å². The number of hydrogen-bond donors (Lipinski definition) is 1. The molecule has 1 saturated carbocycles. The quantitative estimate of drug-likeness (QED) is 0.355. The van der Waals surface area contributed by atoms with Gasteiger partial charge in [-0.15, -0.1) is 0 Å². The van der Waals surface area contributed by atoms with Gasteiger partial charge in [-0.1, -0.05) is 0 Å². The number of halogens is 5. The van der Waals surface area contributed by atoms with E-state index in [0.29, 0.717) is 30.5 Å². The highest BCUT2D eigenvalue weighted by Crippen LogP contribution is 2.41. The number of nitrogens with zero attached hydrogens (tertiary/aromatic N) is 2. The van der Waals surface area contributed by atoms with Crippen LogP contribution in [0.25, 0.3) is 5.70 Å². The molecule has 0 aliphatic heterocycles. The first-order valence-electron chi connectivity index (χ1n) is 9.08. The van der Waals surface area contributed by atoms with Crippen LogP contribution in [0.4, 0.5) is 17.6 Å². The highest BCUT2D eigenvalue weighted by Gasteiger charge is 2.57. The molecule has 0 unspecified atom stereocenters. The summed E-state index contributed by atoms with van der Waals surface area (Å²) >= 11 is 1.61. The van der Waals surface area contributed by atoms with Crippen molar-refractivity contribution < 1.29 is 31.8 Å². The van der Waals surface area contributed by atoms with E-state index in [2.05, 4.69) is 14.7 Å². The highest BCUT2D eigenvalue weighted by molar-refractivity contribution is 9.10. The summed E-state index contributed by atoms with van der Waals surface area (Å²) in [5.41, 5.74) is 7.91. The maximum atomic E-state index is 13.5. The van der Waals surface area contributed by atoms with Crippen molar-refractivity contribution >= 4 is 33.3 Å². The Hall–Kier alpha value is -2.17. The van der Waals surface area contributed by atoms with Crippen molar-refractivity contribution in [2.24, 2.45) is 16.6 Å². The van der Waals surface area contributed by atoms with E-state index < -0.39 is 16.7 Å². The third-order valence-electron chi connectivity index (χ3n) is 4.40. The van der Waals surface area contributed by atoms with Crippen LogP contribution in [0.15, 0.2) is 29.0 Å². The Bertz CT molecular complexity index is 854. The first kappa shape index (κ1) is 24.1. The van der Waals surface area contributed by atoms with E-state index in [-0.39, 0.29) is 29.2 Å². The Kier molecular flexibility index (Phi) is 7.49. The SMILES string of the molecule is COC(=O)[C@@H]1CC/C(=C(/N)c2cncc(OC(F)(F)C(F)(F)Br)c2)C(=NC(C)C)C1. The number of methoxy groups -OCH3 is 1. The zero-order valence-corrected chi connectivity index (χ0v) is 18.2. The standard InChI is InChI=1S/C19H22BrF4N3O3/c1-10(2)27-15-7-11(17(28)29-3)4-5-14(15)16(25)12-6-13(9-26-8-12)30-19(23,24)18(20,21)22/h6,8-11H,4-5,7,25H2,1-3H3/b16-14-,27-15?/t11-/m1/s1. The molecular formula is C19H22BrF4N3O3. The Morgan fingerprint density at radius 3 is 2.57 bits per heavy atom. The molecule has 0 radical (unpaired) electrons. The first-order valence-corrected chi connectivity index (χ1v) is 9.87. The molecule has 0 bridgehead atoms. The molecule has 1 atom stereocenters. The molecule has 6 nitrogen and oxygen atoms in total. The van der Waals surface area contributed by atoms with Crippen molar-refractivity contribution in [3.8, 4) is 5.75 Å². The van der Waals surface area contributed by atoms with Gasteiger partial charge < -0.3 is 15.2 Å². The molecular weight excluding hydrogens is 474 g/mol. The van der Waals surface area contributed by atoms with Gasteiger partial charge in [0.25, 0.3) is 0 Å². The number of esters is 1. The number of hydrogen-bond acceptors (Lipinski definition) is 6. The van der Waals surface area contributed by atoms with Gasteiger partial charge in [0.2, 0.25) is 0 Å². The number of rotatable bonds is 6. The van der Waals surface area contributed by atoms with Gasteiger partial charge in [-0.3, -0.25) is 14.8 Å². The van der Waals surface area contributed by atoms with Gasteiger partial charge in [0.05, 0.1) is 19.2 Å². The van der Waals surface area contributed by atoms with Crippen LogP contribution in [-0.2, 0) is 9.53 Å². The lowest BCUT2D eigenvalue weighted by Crippen LogP contribution is -2.40. The molecule has 0 amide bonds. The normalized spacial score (nSPS) is 21.0. The second-order valence-electron chi connectivity index (χ2n) is 7.05. The predicted molar refractivity (Wildman–Crippen MR) is 107 cm³/mol. The number of aliphatic imine (C=N–C) groups is 1. The molecule has 1 heterocycles. The Morgan fingerprint density at radius 2 is 2.00 bits per heavy atom. The lowest BCUT2D eigenvalue weighted by molar-refractivity contribution is -0.266. The average molecular weight is 496 g/mol. The summed E-state index contributed by atoms with van der Waals surface area (Å²) < 4.78 is 61.9. The Morgan fingerprint density at radius 1 is 1.33 bits per heavy atom. The van der Waals surface area contributed by atoms with Gasteiger partial charge in [-0.25, -0.2) is 0 Å². The van der Waals surface area contributed by atoms with Crippen molar-refractivity contribution in [2.45, 2.75) is 50.1 Å². The predicted octanol–water partition coefficient (Wildman–Crippen LogP) is 4.53. The van der Waals surface area contributed by atoms with Crippen molar-refractivity contribution in [3.63, 3.8) is 0 Å². The number of aromatic nitrogens is 1. The van der Waals surface area contributed by atoms with E-state index in [0.717, 1.165) is 12.3 Å². The van der Waals surface area contributed by atoms with Crippen LogP contribution in [0.5, 0.6) is 5.75 Å². The number of carbonyl (C=O) groups excluding carboxylic acids is 1. The third-order valence-corrected chi connectivity index (χ3v) is 4.87. The summed E-state index contributed by atoms with van der Waals surface area (Å²) in [6.07, 6.45) is -1.42. The molecule has 0 saturated heterocycles. The second kappa shape index (κ2) is 9.32. The van der Waals surface area contributed by atoms with Crippen molar-refractivity contribution in [1.82, 2.24) is 4.98 Å². The second-order valence-corrected chi connectivity index (χ2v) is 8.05. The number of pyridine rings is 1. The average Bonchev–Trinajstić information content (AvgIpc) is 2.65. The van der Waals surface area contributed by atoms with Crippen LogP contribution < -0.4 is 10.5 Å². The molecule has 30 heavy (non-hydrogen) atoms. The zero-order valence-electron chi connectivity index (χ0n) is 16.6. The topological polar surface area (TPSA) is 86.8 Å². The number of allylic oxidation sites excluding steroid dienone is 1. The van der Waals surface area contributed by atoms with Gasteiger partial charge in [-0.2, -0.15) is 17.6 Å². The van der Waals surface area contributed by atoms with Gasteiger partial charge in [0.15, 0.2) is 0 Å². The highest BCUT2D eigenvalue weighted by atomic mass is 79.9. The molecule has 1 aliphatic rings. The van der Waals surface area contributed by atoms with Gasteiger partial charge in [0.1, 0.15) is 5.75 Å². The summed E-state index contributed by atoms with van der Waals surface area (Å²) in [6.45, 7) is 3.72. The summed E-state index contributed by atoms with van der Waals surface area (Å²) in [5, 5.41) is 0. The van der Waals surface area contributed by atoms with Crippen molar-refractivity contribution in [3.05, 3.63) is 29.6 Å². The van der Waals surface area contributed by atoms with Crippen molar-refractivity contribution in [2.75, 3.05) is 7.11 Å².